The van der Waals surface area contributed by atoms with Gasteiger partial charge < -0.3 is 4.74 Å². The SMILES string of the molecule is Cc1cc(S(=O)(=O)NCCOC2CCCC2)ccc1Br. The predicted molar refractivity (Wildman–Crippen MR) is 82.3 cm³/mol. The number of benzene rings is 1. The lowest BCUT2D eigenvalue weighted by atomic mass is 10.2. The Bertz CT molecular complexity index is 554. The summed E-state index contributed by atoms with van der Waals surface area (Å²) in [6.07, 6.45) is 4.94. The smallest absolute Gasteiger partial charge is 0.240 e. The Hall–Kier alpha value is -0.430. The van der Waals surface area contributed by atoms with Crippen LogP contribution in [0.5, 0.6) is 0 Å². The van der Waals surface area contributed by atoms with Crippen LogP contribution in [0.4, 0.5) is 0 Å². The van der Waals surface area contributed by atoms with Crippen molar-refractivity contribution in [1.29, 1.82) is 0 Å². The number of ether oxygens (including phenoxy) is 1. The Kier molecular flexibility index (Phi) is 5.60. The molecule has 4 nitrogen and oxygen atoms in total. The van der Waals surface area contributed by atoms with Gasteiger partial charge >= 0.3 is 0 Å². The van der Waals surface area contributed by atoms with E-state index in [2.05, 4.69) is 20.7 Å². The highest BCUT2D eigenvalue weighted by Crippen LogP contribution is 2.21. The third-order valence-electron chi connectivity index (χ3n) is 3.49. The van der Waals surface area contributed by atoms with E-state index < -0.39 is 10.0 Å². The molecule has 0 amide bonds. The molecule has 0 atom stereocenters. The van der Waals surface area contributed by atoms with Gasteiger partial charge in [0.05, 0.1) is 17.6 Å². The number of halogens is 1. The number of aryl methyl sites for hydroxylation is 1. The lowest BCUT2D eigenvalue weighted by Gasteiger charge is -2.12. The first-order valence-electron chi connectivity index (χ1n) is 6.86. The van der Waals surface area contributed by atoms with E-state index in [1.54, 1.807) is 18.2 Å². The van der Waals surface area contributed by atoms with Crippen LogP contribution in [0.2, 0.25) is 0 Å². The average Bonchev–Trinajstić information content (AvgIpc) is 2.91. The van der Waals surface area contributed by atoms with Gasteiger partial charge in [0.15, 0.2) is 0 Å². The van der Waals surface area contributed by atoms with Crippen LogP contribution in [0.15, 0.2) is 27.6 Å². The van der Waals surface area contributed by atoms with E-state index in [1.807, 2.05) is 6.92 Å². The summed E-state index contributed by atoms with van der Waals surface area (Å²) >= 11 is 3.36. The normalized spacial score (nSPS) is 16.7. The van der Waals surface area contributed by atoms with Crippen molar-refractivity contribution in [3.63, 3.8) is 0 Å². The zero-order chi connectivity index (χ0) is 14.6. The highest BCUT2D eigenvalue weighted by atomic mass is 79.9. The van der Waals surface area contributed by atoms with Crippen LogP contribution in [-0.4, -0.2) is 27.7 Å². The lowest BCUT2D eigenvalue weighted by Crippen LogP contribution is -2.28. The Morgan fingerprint density at radius 2 is 2.05 bits per heavy atom. The molecule has 0 aromatic heterocycles. The van der Waals surface area contributed by atoms with Crippen molar-refractivity contribution < 1.29 is 13.2 Å². The molecule has 1 fully saturated rings. The summed E-state index contributed by atoms with van der Waals surface area (Å²) in [7, 11) is -3.45. The molecular formula is C14H20BrNO3S. The molecule has 0 heterocycles. The zero-order valence-electron chi connectivity index (χ0n) is 11.6. The molecule has 20 heavy (non-hydrogen) atoms. The van der Waals surface area contributed by atoms with Gasteiger partial charge in [-0.3, -0.25) is 0 Å². The summed E-state index contributed by atoms with van der Waals surface area (Å²) in [5, 5.41) is 0. The average molecular weight is 362 g/mol. The minimum absolute atomic E-state index is 0.291. The summed E-state index contributed by atoms with van der Waals surface area (Å²) in [6.45, 7) is 2.61. The molecule has 1 N–H and O–H groups in total. The molecule has 112 valence electrons. The third kappa shape index (κ3) is 4.28. The molecule has 1 aliphatic rings. The monoisotopic (exact) mass is 361 g/mol. The van der Waals surface area contributed by atoms with Crippen molar-refractivity contribution >= 4 is 26.0 Å². The molecule has 0 spiro atoms. The fraction of sp³-hybridized carbons (Fsp3) is 0.571. The molecule has 1 aliphatic carbocycles. The Labute approximate surface area is 129 Å². The molecule has 6 heteroatoms. The third-order valence-corrected chi connectivity index (χ3v) is 5.84. The Balaban J connectivity index is 1.85. The molecule has 0 radical (unpaired) electrons. The lowest BCUT2D eigenvalue weighted by molar-refractivity contribution is 0.0626. The maximum absolute atomic E-state index is 12.1. The van der Waals surface area contributed by atoms with Crippen molar-refractivity contribution in [3.8, 4) is 0 Å². The maximum Gasteiger partial charge on any atom is 0.240 e. The fourth-order valence-corrected chi connectivity index (χ4v) is 3.67. The second-order valence-electron chi connectivity index (χ2n) is 5.09. The molecule has 0 unspecified atom stereocenters. The van der Waals surface area contributed by atoms with E-state index in [4.69, 9.17) is 4.74 Å². The van der Waals surface area contributed by atoms with E-state index >= 15 is 0 Å². The molecule has 1 saturated carbocycles. The molecule has 1 aromatic rings. The topological polar surface area (TPSA) is 55.4 Å². The molecule has 0 bridgehead atoms. The summed E-state index contributed by atoms with van der Waals surface area (Å²) in [4.78, 5) is 0.291. The minimum atomic E-state index is -3.45. The first-order valence-corrected chi connectivity index (χ1v) is 9.14. The molecule has 0 saturated heterocycles. The van der Waals surface area contributed by atoms with E-state index in [-0.39, 0.29) is 0 Å². The van der Waals surface area contributed by atoms with Crippen molar-refractivity contribution in [3.05, 3.63) is 28.2 Å². The Morgan fingerprint density at radius 1 is 1.35 bits per heavy atom. The maximum atomic E-state index is 12.1. The van der Waals surface area contributed by atoms with Gasteiger partial charge in [-0.05, 0) is 43.5 Å². The van der Waals surface area contributed by atoms with Gasteiger partial charge in [-0.1, -0.05) is 28.8 Å². The van der Waals surface area contributed by atoms with Gasteiger partial charge in [-0.15, -0.1) is 0 Å². The number of hydrogen-bond donors (Lipinski definition) is 1. The van der Waals surface area contributed by atoms with Crippen molar-refractivity contribution in [1.82, 2.24) is 4.72 Å². The van der Waals surface area contributed by atoms with Crippen LogP contribution in [0.1, 0.15) is 31.2 Å². The van der Waals surface area contributed by atoms with E-state index in [0.29, 0.717) is 24.2 Å². The van der Waals surface area contributed by atoms with Crippen LogP contribution in [-0.2, 0) is 14.8 Å². The summed E-state index contributed by atoms with van der Waals surface area (Å²) in [5.41, 5.74) is 0.898. The standard InChI is InChI=1S/C14H20BrNO3S/c1-11-10-13(6-7-14(11)15)20(17,18)16-8-9-19-12-4-2-3-5-12/h6-7,10,12,16H,2-5,8-9H2,1H3. The van der Waals surface area contributed by atoms with Gasteiger partial charge in [0.2, 0.25) is 10.0 Å². The van der Waals surface area contributed by atoms with E-state index in [1.165, 1.54) is 12.8 Å². The zero-order valence-corrected chi connectivity index (χ0v) is 14.0. The highest BCUT2D eigenvalue weighted by Gasteiger charge is 2.17. The largest absolute Gasteiger partial charge is 0.377 e. The van der Waals surface area contributed by atoms with E-state index in [0.717, 1.165) is 22.9 Å². The van der Waals surface area contributed by atoms with Crippen molar-refractivity contribution in [2.45, 2.75) is 43.6 Å². The van der Waals surface area contributed by atoms with Gasteiger partial charge in [0, 0.05) is 11.0 Å². The van der Waals surface area contributed by atoms with Gasteiger partial charge in [0.1, 0.15) is 0 Å². The van der Waals surface area contributed by atoms with E-state index in [9.17, 15) is 8.42 Å². The number of rotatable bonds is 6. The Morgan fingerprint density at radius 3 is 2.70 bits per heavy atom. The predicted octanol–water partition coefficient (Wildman–Crippen LogP) is 3.00. The summed E-state index contributed by atoms with van der Waals surface area (Å²) < 4.78 is 33.3. The van der Waals surface area contributed by atoms with Crippen molar-refractivity contribution in [2.75, 3.05) is 13.2 Å². The number of nitrogens with one attached hydrogen (secondary N) is 1. The van der Waals surface area contributed by atoms with Crippen LogP contribution < -0.4 is 4.72 Å². The number of sulfonamides is 1. The molecule has 1 aromatic carbocycles. The molecular weight excluding hydrogens is 342 g/mol. The first-order chi connectivity index (χ1) is 9.49. The van der Waals surface area contributed by atoms with Crippen LogP contribution >= 0.6 is 15.9 Å². The second-order valence-corrected chi connectivity index (χ2v) is 7.71. The quantitative estimate of drug-likeness (QED) is 0.792. The first kappa shape index (κ1) is 15.9. The van der Waals surface area contributed by atoms with Gasteiger partial charge in [0.25, 0.3) is 0 Å². The highest BCUT2D eigenvalue weighted by molar-refractivity contribution is 9.10. The van der Waals surface area contributed by atoms with Crippen LogP contribution in [0.25, 0.3) is 0 Å². The van der Waals surface area contributed by atoms with Gasteiger partial charge in [-0.2, -0.15) is 0 Å². The minimum Gasteiger partial charge on any atom is -0.377 e. The van der Waals surface area contributed by atoms with Crippen LogP contribution in [0, 0.1) is 6.92 Å². The number of hydrogen-bond acceptors (Lipinski definition) is 3. The molecule has 2 rings (SSSR count). The second kappa shape index (κ2) is 7.02. The fourth-order valence-electron chi connectivity index (χ4n) is 2.32. The van der Waals surface area contributed by atoms with Crippen LogP contribution in [0.3, 0.4) is 0 Å². The summed E-state index contributed by atoms with van der Waals surface area (Å²) in [6, 6.07) is 5.00. The van der Waals surface area contributed by atoms with Gasteiger partial charge in [-0.25, -0.2) is 13.1 Å². The molecule has 0 aliphatic heterocycles. The summed E-state index contributed by atoms with van der Waals surface area (Å²) in [5.74, 6) is 0. The van der Waals surface area contributed by atoms with Crippen molar-refractivity contribution in [2.24, 2.45) is 0 Å².